The fraction of sp³-hybridized carbons (Fsp3) is 0.316. The number of hydrogen-bond acceptors (Lipinski definition) is 3. The normalized spacial score (nSPS) is 12.5. The predicted octanol–water partition coefficient (Wildman–Crippen LogP) is 3.75. The summed E-state index contributed by atoms with van der Waals surface area (Å²) in [5.41, 5.74) is 10.4. The number of aromatic nitrogens is 2. The van der Waals surface area contributed by atoms with Gasteiger partial charge in [-0.3, -0.25) is 0 Å². The molecule has 1 unspecified atom stereocenters. The first kappa shape index (κ1) is 15.6. The minimum Gasteiger partial charge on any atom is -0.485 e. The minimum atomic E-state index is 0.180. The molecule has 0 radical (unpaired) electrons. The van der Waals surface area contributed by atoms with Gasteiger partial charge >= 0.3 is 0 Å². The van der Waals surface area contributed by atoms with Gasteiger partial charge in [-0.2, -0.15) is 0 Å². The summed E-state index contributed by atoms with van der Waals surface area (Å²) < 4.78 is 8.23. The van der Waals surface area contributed by atoms with E-state index in [1.807, 2.05) is 30.3 Å². The fourth-order valence-electron chi connectivity index (χ4n) is 2.82. The maximum atomic E-state index is 6.04. The van der Waals surface area contributed by atoms with E-state index in [4.69, 9.17) is 15.5 Å². The Kier molecular flexibility index (Phi) is 4.35. The zero-order valence-corrected chi connectivity index (χ0v) is 13.9. The highest BCUT2D eigenvalue weighted by atomic mass is 16.5. The van der Waals surface area contributed by atoms with Gasteiger partial charge in [0.1, 0.15) is 18.2 Å². The first-order valence-corrected chi connectivity index (χ1v) is 7.96. The number of rotatable bonds is 5. The van der Waals surface area contributed by atoms with Crippen LogP contribution in [0.15, 0.2) is 42.5 Å². The lowest BCUT2D eigenvalue weighted by atomic mass is 10.1. The quantitative estimate of drug-likeness (QED) is 0.781. The van der Waals surface area contributed by atoms with Gasteiger partial charge in [0.25, 0.3) is 0 Å². The summed E-state index contributed by atoms with van der Waals surface area (Å²) in [5.74, 6) is 1.81. The Labute approximate surface area is 136 Å². The van der Waals surface area contributed by atoms with E-state index < -0.39 is 0 Å². The van der Waals surface area contributed by atoms with E-state index in [-0.39, 0.29) is 6.04 Å². The van der Waals surface area contributed by atoms with Crippen LogP contribution in [0.25, 0.3) is 11.0 Å². The van der Waals surface area contributed by atoms with Gasteiger partial charge in [0, 0.05) is 12.6 Å². The summed E-state index contributed by atoms with van der Waals surface area (Å²) in [7, 11) is 0. The molecule has 0 fully saturated rings. The van der Waals surface area contributed by atoms with Crippen molar-refractivity contribution in [2.24, 2.45) is 5.73 Å². The molecule has 0 saturated heterocycles. The molecule has 1 atom stereocenters. The molecule has 3 aromatic rings. The summed E-state index contributed by atoms with van der Waals surface area (Å²) in [6, 6.07) is 14.4. The Hall–Kier alpha value is -2.33. The van der Waals surface area contributed by atoms with E-state index in [2.05, 4.69) is 37.5 Å². The second-order valence-corrected chi connectivity index (χ2v) is 5.96. The average Bonchev–Trinajstić information content (AvgIpc) is 2.94. The van der Waals surface area contributed by atoms with E-state index in [1.54, 1.807) is 0 Å². The van der Waals surface area contributed by atoms with Crippen LogP contribution in [0, 0.1) is 13.8 Å². The molecule has 120 valence electrons. The Morgan fingerprint density at radius 2 is 1.91 bits per heavy atom. The van der Waals surface area contributed by atoms with Gasteiger partial charge in [0.05, 0.1) is 11.0 Å². The highest BCUT2D eigenvalue weighted by molar-refractivity contribution is 5.76. The number of benzene rings is 2. The van der Waals surface area contributed by atoms with Crippen LogP contribution < -0.4 is 10.5 Å². The second-order valence-electron chi connectivity index (χ2n) is 5.96. The summed E-state index contributed by atoms with van der Waals surface area (Å²) >= 11 is 0. The lowest BCUT2D eigenvalue weighted by Crippen LogP contribution is -2.19. The van der Waals surface area contributed by atoms with E-state index in [9.17, 15) is 0 Å². The van der Waals surface area contributed by atoms with Gasteiger partial charge in [-0.25, -0.2) is 4.98 Å². The van der Waals surface area contributed by atoms with Crippen LogP contribution in [0.2, 0.25) is 0 Å². The van der Waals surface area contributed by atoms with Gasteiger partial charge in [0.15, 0.2) is 0 Å². The molecule has 0 bridgehead atoms. The Balaban J connectivity index is 1.95. The van der Waals surface area contributed by atoms with Gasteiger partial charge in [-0.1, -0.05) is 24.3 Å². The smallest absolute Gasteiger partial charge is 0.148 e. The van der Waals surface area contributed by atoms with Crippen LogP contribution >= 0.6 is 0 Å². The number of imidazole rings is 1. The van der Waals surface area contributed by atoms with Crippen molar-refractivity contribution in [2.45, 2.75) is 33.4 Å². The maximum absolute atomic E-state index is 6.04. The van der Waals surface area contributed by atoms with Crippen molar-refractivity contribution in [1.82, 2.24) is 9.55 Å². The summed E-state index contributed by atoms with van der Waals surface area (Å²) in [6.07, 6.45) is 0. The molecule has 0 saturated carbocycles. The first-order valence-electron chi connectivity index (χ1n) is 7.96. The standard InChI is InChI=1S/C19H23N3O/c1-13-7-6-10-18(15(13)3)23-12-19-21-16-8-4-5-9-17(16)22(19)14(2)11-20/h4-10,14H,11-12,20H2,1-3H3. The number of para-hydroxylation sites is 2. The Morgan fingerprint density at radius 3 is 2.70 bits per heavy atom. The third-order valence-electron chi connectivity index (χ3n) is 4.36. The molecule has 3 rings (SSSR count). The lowest BCUT2D eigenvalue weighted by molar-refractivity contribution is 0.284. The molecule has 0 aliphatic carbocycles. The topological polar surface area (TPSA) is 53.1 Å². The second kappa shape index (κ2) is 6.42. The number of nitrogens with zero attached hydrogens (tertiary/aromatic N) is 2. The highest BCUT2D eigenvalue weighted by Crippen LogP contribution is 2.24. The van der Waals surface area contributed by atoms with Crippen LogP contribution in [0.3, 0.4) is 0 Å². The summed E-state index contributed by atoms with van der Waals surface area (Å²) in [5, 5.41) is 0. The molecular weight excluding hydrogens is 286 g/mol. The van der Waals surface area contributed by atoms with Crippen molar-refractivity contribution >= 4 is 11.0 Å². The van der Waals surface area contributed by atoms with Crippen molar-refractivity contribution in [3.63, 3.8) is 0 Å². The van der Waals surface area contributed by atoms with Crippen molar-refractivity contribution in [1.29, 1.82) is 0 Å². The third-order valence-corrected chi connectivity index (χ3v) is 4.36. The van der Waals surface area contributed by atoms with E-state index >= 15 is 0 Å². The van der Waals surface area contributed by atoms with Crippen molar-refractivity contribution < 1.29 is 4.74 Å². The van der Waals surface area contributed by atoms with Crippen molar-refractivity contribution in [3.8, 4) is 5.75 Å². The predicted molar refractivity (Wildman–Crippen MR) is 93.7 cm³/mol. The number of hydrogen-bond donors (Lipinski definition) is 1. The minimum absolute atomic E-state index is 0.180. The van der Waals surface area contributed by atoms with Crippen LogP contribution in [0.4, 0.5) is 0 Å². The van der Waals surface area contributed by atoms with Crippen LogP contribution in [-0.4, -0.2) is 16.1 Å². The molecule has 1 heterocycles. The number of ether oxygens (including phenoxy) is 1. The molecule has 0 aliphatic heterocycles. The Morgan fingerprint density at radius 1 is 1.13 bits per heavy atom. The average molecular weight is 309 g/mol. The highest BCUT2D eigenvalue weighted by Gasteiger charge is 2.15. The fourth-order valence-corrected chi connectivity index (χ4v) is 2.82. The Bertz CT molecular complexity index is 823. The van der Waals surface area contributed by atoms with Crippen LogP contribution in [-0.2, 0) is 6.61 Å². The van der Waals surface area contributed by atoms with Gasteiger partial charge in [0.2, 0.25) is 0 Å². The van der Waals surface area contributed by atoms with Crippen LogP contribution in [0.5, 0.6) is 5.75 Å². The van der Waals surface area contributed by atoms with Gasteiger partial charge < -0.3 is 15.0 Å². The zero-order valence-electron chi connectivity index (χ0n) is 13.9. The largest absolute Gasteiger partial charge is 0.485 e. The van der Waals surface area contributed by atoms with Gasteiger partial charge in [-0.05, 0) is 50.1 Å². The number of nitrogens with two attached hydrogens (primary N) is 1. The molecular formula is C19H23N3O. The molecule has 4 heteroatoms. The summed E-state index contributed by atoms with van der Waals surface area (Å²) in [6.45, 7) is 7.28. The first-order chi connectivity index (χ1) is 11.1. The summed E-state index contributed by atoms with van der Waals surface area (Å²) in [4.78, 5) is 4.73. The number of fused-ring (bicyclic) bond motifs is 1. The molecule has 2 aromatic carbocycles. The molecule has 4 nitrogen and oxygen atoms in total. The van der Waals surface area contributed by atoms with Crippen LogP contribution in [0.1, 0.15) is 29.9 Å². The molecule has 2 N–H and O–H groups in total. The maximum Gasteiger partial charge on any atom is 0.148 e. The molecule has 1 aromatic heterocycles. The van der Waals surface area contributed by atoms with E-state index in [0.29, 0.717) is 13.2 Å². The third kappa shape index (κ3) is 2.94. The van der Waals surface area contributed by atoms with E-state index in [1.165, 1.54) is 11.1 Å². The lowest BCUT2D eigenvalue weighted by Gasteiger charge is -2.17. The SMILES string of the molecule is Cc1cccc(OCc2nc3ccccc3n2C(C)CN)c1C. The monoisotopic (exact) mass is 309 g/mol. The number of aryl methyl sites for hydroxylation is 1. The van der Waals surface area contributed by atoms with Crippen molar-refractivity contribution in [3.05, 3.63) is 59.4 Å². The molecule has 0 spiro atoms. The molecule has 0 amide bonds. The van der Waals surface area contributed by atoms with E-state index in [0.717, 1.165) is 22.6 Å². The molecule has 23 heavy (non-hydrogen) atoms. The zero-order chi connectivity index (χ0) is 16.4. The molecule has 0 aliphatic rings. The van der Waals surface area contributed by atoms with Gasteiger partial charge in [-0.15, -0.1) is 0 Å². The van der Waals surface area contributed by atoms with Crippen molar-refractivity contribution in [2.75, 3.05) is 6.54 Å².